The fourth-order valence-corrected chi connectivity index (χ4v) is 1.89. The lowest BCUT2D eigenvalue weighted by Crippen LogP contribution is -2.32. The average molecular weight is 177 g/mol. The van der Waals surface area contributed by atoms with Gasteiger partial charge in [-0.2, -0.15) is 0 Å². The molecule has 2 nitrogen and oxygen atoms in total. The maximum atomic E-state index is 11.9. The van der Waals surface area contributed by atoms with Crippen molar-refractivity contribution < 1.29 is 4.79 Å². The van der Waals surface area contributed by atoms with Crippen LogP contribution >= 0.6 is 0 Å². The van der Waals surface area contributed by atoms with Crippen LogP contribution < -0.4 is 0 Å². The summed E-state index contributed by atoms with van der Waals surface area (Å²) in [6, 6.07) is 1.99. The Labute approximate surface area is 78.6 Å². The Morgan fingerprint density at radius 2 is 2.15 bits per heavy atom. The van der Waals surface area contributed by atoms with Crippen LogP contribution in [0.2, 0.25) is 0 Å². The molecule has 2 heterocycles. The molecule has 0 unspecified atom stereocenters. The van der Waals surface area contributed by atoms with Gasteiger partial charge >= 0.3 is 0 Å². The van der Waals surface area contributed by atoms with E-state index in [4.69, 9.17) is 0 Å². The minimum absolute atomic E-state index is 0.166. The summed E-state index contributed by atoms with van der Waals surface area (Å²) in [7, 11) is 0. The van der Waals surface area contributed by atoms with Gasteiger partial charge in [0.25, 0.3) is 0 Å². The quantitative estimate of drug-likeness (QED) is 0.596. The molecule has 1 aromatic heterocycles. The number of aryl methyl sites for hydroxylation is 2. The molecule has 0 amide bonds. The highest BCUT2D eigenvalue weighted by Gasteiger charge is 2.34. The van der Waals surface area contributed by atoms with Gasteiger partial charge in [0.05, 0.1) is 5.69 Å². The highest BCUT2D eigenvalue weighted by molar-refractivity contribution is 5.99. The molecule has 0 spiro atoms. The van der Waals surface area contributed by atoms with Crippen molar-refractivity contribution in [2.75, 3.05) is 0 Å². The van der Waals surface area contributed by atoms with Crippen molar-refractivity contribution >= 4 is 5.78 Å². The van der Waals surface area contributed by atoms with Crippen molar-refractivity contribution in [3.8, 4) is 0 Å². The van der Waals surface area contributed by atoms with Crippen LogP contribution in [0, 0.1) is 12.3 Å². The van der Waals surface area contributed by atoms with Crippen molar-refractivity contribution in [3.05, 3.63) is 23.5 Å². The lowest BCUT2D eigenvalue weighted by molar-refractivity contribution is 0.0779. The van der Waals surface area contributed by atoms with Crippen molar-refractivity contribution in [2.45, 2.75) is 33.7 Å². The molecular weight excluding hydrogens is 162 g/mol. The number of aromatic nitrogens is 1. The number of nitrogens with zero attached hydrogens (tertiary/aromatic N) is 1. The van der Waals surface area contributed by atoms with Gasteiger partial charge in [0.15, 0.2) is 5.78 Å². The topological polar surface area (TPSA) is 22.0 Å². The molecule has 13 heavy (non-hydrogen) atoms. The lowest BCUT2D eigenvalue weighted by atomic mass is 9.81. The number of carbonyl (C=O) groups excluding carboxylic acids is 1. The summed E-state index contributed by atoms with van der Waals surface area (Å²) in [5.74, 6) is 0.284. The first kappa shape index (κ1) is 8.54. The molecule has 0 atom stereocenters. The van der Waals surface area contributed by atoms with Crippen molar-refractivity contribution in [1.29, 1.82) is 0 Å². The number of carbonyl (C=O) groups is 1. The molecule has 2 rings (SSSR count). The van der Waals surface area contributed by atoms with Crippen LogP contribution in [0.3, 0.4) is 0 Å². The van der Waals surface area contributed by atoms with Gasteiger partial charge in [-0.25, -0.2) is 0 Å². The smallest absolute Gasteiger partial charge is 0.184 e. The third-order valence-corrected chi connectivity index (χ3v) is 2.86. The van der Waals surface area contributed by atoms with E-state index in [0.717, 1.165) is 18.7 Å². The van der Waals surface area contributed by atoms with Gasteiger partial charge < -0.3 is 4.57 Å². The van der Waals surface area contributed by atoms with Gasteiger partial charge in [0.1, 0.15) is 0 Å². The molecule has 2 heteroatoms. The van der Waals surface area contributed by atoms with Crippen LogP contribution in [-0.4, -0.2) is 10.4 Å². The number of fused-ring (bicyclic) bond motifs is 1. The van der Waals surface area contributed by atoms with Gasteiger partial charge in [-0.3, -0.25) is 4.79 Å². The lowest BCUT2D eigenvalue weighted by Gasteiger charge is -2.29. The number of hydrogen-bond donors (Lipinski definition) is 0. The van der Waals surface area contributed by atoms with Gasteiger partial charge in [0.2, 0.25) is 0 Å². The molecule has 0 aromatic carbocycles. The zero-order valence-electron chi connectivity index (χ0n) is 8.42. The van der Waals surface area contributed by atoms with Crippen LogP contribution in [0.4, 0.5) is 0 Å². The Balaban J connectivity index is 2.51. The number of Topliss-reactive ketones (excluding diaryl/α,β-unsaturated/α-hetero) is 1. The Hall–Kier alpha value is -1.05. The molecule has 0 saturated carbocycles. The molecule has 0 N–H and O–H groups in total. The summed E-state index contributed by atoms with van der Waals surface area (Å²) in [5, 5.41) is 0. The second-order valence-electron chi connectivity index (χ2n) is 4.56. The fraction of sp³-hybridized carbons (Fsp3) is 0.545. The van der Waals surface area contributed by atoms with Crippen LogP contribution in [-0.2, 0) is 6.54 Å². The second kappa shape index (κ2) is 2.47. The summed E-state index contributed by atoms with van der Waals surface area (Å²) in [5.41, 5.74) is 1.90. The second-order valence-corrected chi connectivity index (χ2v) is 4.56. The minimum Gasteiger partial charge on any atom is -0.345 e. The van der Waals surface area contributed by atoms with Crippen LogP contribution in [0.5, 0.6) is 0 Å². The van der Waals surface area contributed by atoms with Crippen molar-refractivity contribution in [2.24, 2.45) is 5.41 Å². The first-order valence-electron chi connectivity index (χ1n) is 4.72. The van der Waals surface area contributed by atoms with Crippen molar-refractivity contribution in [1.82, 2.24) is 4.57 Å². The predicted octanol–water partition coefficient (Wildman–Crippen LogP) is 2.41. The molecular formula is C11H15NO. The third kappa shape index (κ3) is 1.21. The average Bonchev–Trinajstić information content (AvgIpc) is 2.40. The molecule has 70 valence electrons. The summed E-state index contributed by atoms with van der Waals surface area (Å²) in [4.78, 5) is 11.9. The molecule has 0 fully saturated rings. The normalized spacial score (nSPS) is 20.1. The molecule has 0 aliphatic carbocycles. The SMILES string of the molecule is Cc1cc2n(c1)CCC(C)(C)C2=O. The van der Waals surface area contributed by atoms with Crippen LogP contribution in [0.15, 0.2) is 12.3 Å². The monoisotopic (exact) mass is 177 g/mol. The summed E-state index contributed by atoms with van der Waals surface area (Å²) < 4.78 is 2.07. The predicted molar refractivity (Wildman–Crippen MR) is 51.9 cm³/mol. The van der Waals surface area contributed by atoms with Crippen molar-refractivity contribution in [3.63, 3.8) is 0 Å². The highest BCUT2D eigenvalue weighted by Crippen LogP contribution is 2.32. The molecule has 1 aromatic rings. The zero-order chi connectivity index (χ0) is 9.64. The largest absolute Gasteiger partial charge is 0.345 e. The fourth-order valence-electron chi connectivity index (χ4n) is 1.89. The Morgan fingerprint density at radius 1 is 1.46 bits per heavy atom. The highest BCUT2D eigenvalue weighted by atomic mass is 16.1. The standard InChI is InChI=1S/C11H15NO/c1-8-6-9-10(13)11(2,3)4-5-12(9)7-8/h6-7H,4-5H2,1-3H3. The van der Waals surface area contributed by atoms with Gasteiger partial charge in [0, 0.05) is 18.2 Å². The summed E-state index contributed by atoms with van der Waals surface area (Å²) >= 11 is 0. The first-order chi connectivity index (χ1) is 6.00. The van der Waals surface area contributed by atoms with E-state index >= 15 is 0 Å². The first-order valence-corrected chi connectivity index (χ1v) is 4.72. The molecule has 0 bridgehead atoms. The third-order valence-electron chi connectivity index (χ3n) is 2.86. The van der Waals surface area contributed by atoms with E-state index < -0.39 is 0 Å². The van der Waals surface area contributed by atoms with Gasteiger partial charge in [-0.05, 0) is 25.0 Å². The van der Waals surface area contributed by atoms with E-state index in [-0.39, 0.29) is 11.2 Å². The van der Waals surface area contributed by atoms with E-state index in [2.05, 4.69) is 10.8 Å². The Kier molecular flexibility index (Phi) is 1.62. The van der Waals surface area contributed by atoms with E-state index in [0.29, 0.717) is 0 Å². The van der Waals surface area contributed by atoms with Gasteiger partial charge in [-0.15, -0.1) is 0 Å². The minimum atomic E-state index is -0.166. The van der Waals surface area contributed by atoms with Gasteiger partial charge in [-0.1, -0.05) is 13.8 Å². The molecule has 1 aliphatic rings. The molecule has 1 aliphatic heterocycles. The Morgan fingerprint density at radius 3 is 2.85 bits per heavy atom. The zero-order valence-corrected chi connectivity index (χ0v) is 8.42. The molecule has 0 radical (unpaired) electrons. The number of rotatable bonds is 0. The molecule has 0 saturated heterocycles. The van der Waals surface area contributed by atoms with E-state index in [1.54, 1.807) is 0 Å². The summed E-state index contributed by atoms with van der Waals surface area (Å²) in [6.07, 6.45) is 3.01. The van der Waals surface area contributed by atoms with E-state index in [1.807, 2.05) is 26.8 Å². The number of hydrogen-bond acceptors (Lipinski definition) is 1. The summed E-state index contributed by atoms with van der Waals surface area (Å²) in [6.45, 7) is 7.07. The maximum absolute atomic E-state index is 11.9. The number of ketones is 1. The Bertz CT molecular complexity index is 360. The van der Waals surface area contributed by atoms with Crippen LogP contribution in [0.25, 0.3) is 0 Å². The van der Waals surface area contributed by atoms with E-state index in [1.165, 1.54) is 5.56 Å². The maximum Gasteiger partial charge on any atom is 0.184 e. The van der Waals surface area contributed by atoms with E-state index in [9.17, 15) is 4.79 Å². The van der Waals surface area contributed by atoms with Crippen LogP contribution in [0.1, 0.15) is 36.3 Å².